The van der Waals surface area contributed by atoms with Gasteiger partial charge in [-0.2, -0.15) is 18.4 Å². The third kappa shape index (κ3) is 4.74. The molecule has 0 aliphatic rings. The van der Waals surface area contributed by atoms with Crippen LogP contribution in [0.1, 0.15) is 5.56 Å². The molecule has 0 heterocycles. The molecule has 0 bridgehead atoms. The summed E-state index contributed by atoms with van der Waals surface area (Å²) in [4.78, 5) is -0.173. The fraction of sp³-hybridized carbons (Fsp3) is 0.0556. The quantitative estimate of drug-likeness (QED) is 0.614. The summed E-state index contributed by atoms with van der Waals surface area (Å²) in [5, 5.41) is 11.3. The molecule has 2 aromatic carbocycles. The minimum absolute atomic E-state index is 0.0306. The van der Waals surface area contributed by atoms with E-state index in [1.54, 1.807) is 24.3 Å². The zero-order valence-electron chi connectivity index (χ0n) is 13.2. The Labute approximate surface area is 148 Å². The summed E-state index contributed by atoms with van der Waals surface area (Å²) in [6, 6.07) is 13.4. The Balaban J connectivity index is 2.33. The highest BCUT2D eigenvalue weighted by atomic mass is 32.2. The third-order valence-electron chi connectivity index (χ3n) is 3.28. The van der Waals surface area contributed by atoms with Crippen molar-refractivity contribution >= 4 is 15.5 Å². The van der Waals surface area contributed by atoms with E-state index < -0.39 is 21.6 Å². The highest BCUT2D eigenvalue weighted by Crippen LogP contribution is 2.30. The molecule has 0 spiro atoms. The highest BCUT2D eigenvalue weighted by molar-refractivity contribution is 7.95. The van der Waals surface area contributed by atoms with E-state index in [2.05, 4.69) is 5.32 Å². The van der Waals surface area contributed by atoms with Gasteiger partial charge in [0.05, 0.1) is 21.4 Å². The van der Waals surface area contributed by atoms with Gasteiger partial charge < -0.3 is 5.32 Å². The first-order valence-electron chi connectivity index (χ1n) is 7.25. The van der Waals surface area contributed by atoms with Crippen LogP contribution in [0.15, 0.2) is 82.7 Å². The molecule has 0 unspecified atom stereocenters. The van der Waals surface area contributed by atoms with Gasteiger partial charge in [0.2, 0.25) is 9.84 Å². The predicted molar refractivity (Wildman–Crippen MR) is 91.5 cm³/mol. The van der Waals surface area contributed by atoms with Crippen molar-refractivity contribution in [3.63, 3.8) is 0 Å². The highest BCUT2D eigenvalue weighted by Gasteiger charge is 2.29. The second-order valence-corrected chi connectivity index (χ2v) is 6.99. The summed E-state index contributed by atoms with van der Waals surface area (Å²) >= 11 is 0. The van der Waals surface area contributed by atoms with Crippen molar-refractivity contribution in [3.05, 3.63) is 83.4 Å². The van der Waals surface area contributed by atoms with Crippen molar-refractivity contribution in [2.24, 2.45) is 0 Å². The lowest BCUT2D eigenvalue weighted by atomic mass is 10.2. The minimum atomic E-state index is -4.45. The Morgan fingerprint density at radius 1 is 1.04 bits per heavy atom. The van der Waals surface area contributed by atoms with Gasteiger partial charge in [-0.05, 0) is 42.5 Å². The number of allylic oxidation sites excluding steroid dienone is 2. The number of nitrogens with one attached hydrogen (secondary N) is 1. The lowest BCUT2D eigenvalue weighted by molar-refractivity contribution is -0.137. The molecule has 0 saturated carbocycles. The summed E-state index contributed by atoms with van der Waals surface area (Å²) in [5.74, 6) is 0. The van der Waals surface area contributed by atoms with E-state index in [1.165, 1.54) is 24.3 Å². The van der Waals surface area contributed by atoms with Crippen molar-refractivity contribution < 1.29 is 21.6 Å². The maximum absolute atomic E-state index is 12.6. The van der Waals surface area contributed by atoms with Gasteiger partial charge in [0.1, 0.15) is 0 Å². The van der Waals surface area contributed by atoms with E-state index in [4.69, 9.17) is 5.26 Å². The Morgan fingerprint density at radius 2 is 1.65 bits per heavy atom. The Bertz CT molecular complexity index is 956. The van der Waals surface area contributed by atoms with Crippen molar-refractivity contribution in [2.45, 2.75) is 11.1 Å². The predicted octanol–water partition coefficient (Wildman–Crippen LogP) is 4.51. The number of hydrogen-bond acceptors (Lipinski definition) is 4. The fourth-order valence-electron chi connectivity index (χ4n) is 1.98. The SMILES string of the molecule is N#C/C=C/C(=C\Nc1ccc(C(F)(F)F)cc1)S(=O)(=O)c1ccccc1. The first-order chi connectivity index (χ1) is 12.2. The summed E-state index contributed by atoms with van der Waals surface area (Å²) in [6.07, 6.45) is -1.22. The lowest BCUT2D eigenvalue weighted by Gasteiger charge is -2.09. The van der Waals surface area contributed by atoms with Crippen LogP contribution in [0.3, 0.4) is 0 Å². The molecule has 0 radical (unpaired) electrons. The van der Waals surface area contributed by atoms with Crippen LogP contribution in [0.2, 0.25) is 0 Å². The molecule has 8 heteroatoms. The van der Waals surface area contributed by atoms with Crippen molar-refractivity contribution in [1.82, 2.24) is 0 Å². The summed E-state index contributed by atoms with van der Waals surface area (Å²) < 4.78 is 63.0. The average molecular weight is 378 g/mol. The molecule has 134 valence electrons. The monoisotopic (exact) mass is 378 g/mol. The summed E-state index contributed by atoms with van der Waals surface area (Å²) in [7, 11) is -3.89. The average Bonchev–Trinajstić information content (AvgIpc) is 2.62. The van der Waals surface area contributed by atoms with Crippen LogP contribution in [-0.4, -0.2) is 8.42 Å². The van der Waals surface area contributed by atoms with Crippen molar-refractivity contribution in [1.29, 1.82) is 5.26 Å². The van der Waals surface area contributed by atoms with Gasteiger partial charge >= 0.3 is 6.18 Å². The first kappa shape index (κ1) is 19.3. The van der Waals surface area contributed by atoms with Gasteiger partial charge in [-0.25, -0.2) is 8.42 Å². The lowest BCUT2D eigenvalue weighted by Crippen LogP contribution is -2.06. The number of alkyl halides is 3. The maximum Gasteiger partial charge on any atom is 0.416 e. The number of anilines is 1. The zero-order valence-corrected chi connectivity index (χ0v) is 14.1. The largest absolute Gasteiger partial charge is 0.416 e. The number of hydrogen-bond donors (Lipinski definition) is 1. The fourth-order valence-corrected chi connectivity index (χ4v) is 3.23. The number of rotatable bonds is 5. The van der Waals surface area contributed by atoms with Crippen LogP contribution < -0.4 is 5.32 Å². The van der Waals surface area contributed by atoms with Crippen molar-refractivity contribution in [2.75, 3.05) is 5.32 Å². The maximum atomic E-state index is 12.6. The molecule has 0 aliphatic heterocycles. The smallest absolute Gasteiger partial charge is 0.360 e. The summed E-state index contributed by atoms with van der Waals surface area (Å²) in [6.45, 7) is 0. The van der Waals surface area contributed by atoms with Gasteiger partial charge in [-0.1, -0.05) is 18.2 Å². The standard InChI is InChI=1S/C18H13F3N2O2S/c19-18(20,21)14-8-10-15(11-9-14)23-13-17(7-4-12-22)26(24,25)16-5-2-1-3-6-16/h1-11,13,23H/b7-4+,17-13+. The molecule has 0 aromatic heterocycles. The Morgan fingerprint density at radius 3 is 2.19 bits per heavy atom. The van der Waals surface area contributed by atoms with E-state index >= 15 is 0 Å². The van der Waals surface area contributed by atoms with E-state index in [-0.39, 0.29) is 15.5 Å². The third-order valence-corrected chi connectivity index (χ3v) is 5.05. The van der Waals surface area contributed by atoms with Gasteiger partial charge in [-0.3, -0.25) is 0 Å². The molecule has 26 heavy (non-hydrogen) atoms. The Hall–Kier alpha value is -3.05. The minimum Gasteiger partial charge on any atom is -0.360 e. The molecule has 2 aromatic rings. The van der Waals surface area contributed by atoms with Crippen molar-refractivity contribution in [3.8, 4) is 6.07 Å². The zero-order chi connectivity index (χ0) is 19.2. The van der Waals surface area contributed by atoms with Crippen LogP contribution in [0.4, 0.5) is 18.9 Å². The molecule has 0 fully saturated rings. The molecular formula is C18H13F3N2O2S. The molecule has 0 aliphatic carbocycles. The first-order valence-corrected chi connectivity index (χ1v) is 8.74. The molecule has 4 nitrogen and oxygen atoms in total. The van der Waals surface area contributed by atoms with E-state index in [0.717, 1.165) is 30.5 Å². The van der Waals surface area contributed by atoms with E-state index in [0.29, 0.717) is 0 Å². The molecule has 2 rings (SSSR count). The van der Waals surface area contributed by atoms with Crippen LogP contribution in [-0.2, 0) is 16.0 Å². The van der Waals surface area contributed by atoms with Gasteiger partial charge in [0, 0.05) is 18.0 Å². The molecule has 0 saturated heterocycles. The summed E-state index contributed by atoms with van der Waals surface area (Å²) in [5.41, 5.74) is -0.544. The number of benzene rings is 2. The van der Waals surface area contributed by atoms with E-state index in [9.17, 15) is 21.6 Å². The van der Waals surface area contributed by atoms with Gasteiger partial charge in [0.25, 0.3) is 0 Å². The van der Waals surface area contributed by atoms with Gasteiger partial charge in [0.15, 0.2) is 0 Å². The number of nitrogens with zero attached hydrogens (tertiary/aromatic N) is 1. The number of sulfone groups is 1. The number of nitriles is 1. The second-order valence-electron chi connectivity index (χ2n) is 5.05. The molecular weight excluding hydrogens is 365 g/mol. The number of halogens is 3. The molecule has 1 N–H and O–H groups in total. The van der Waals surface area contributed by atoms with Crippen LogP contribution >= 0.6 is 0 Å². The van der Waals surface area contributed by atoms with Crippen LogP contribution in [0.5, 0.6) is 0 Å². The van der Waals surface area contributed by atoms with Gasteiger partial charge in [-0.15, -0.1) is 0 Å². The second kappa shape index (κ2) is 7.89. The Kier molecular flexibility index (Phi) is 5.85. The molecule has 0 amide bonds. The topological polar surface area (TPSA) is 70.0 Å². The normalized spacial score (nSPS) is 12.8. The van der Waals surface area contributed by atoms with Crippen LogP contribution in [0, 0.1) is 11.3 Å². The van der Waals surface area contributed by atoms with E-state index in [1.807, 2.05) is 0 Å². The van der Waals surface area contributed by atoms with Crippen LogP contribution in [0.25, 0.3) is 0 Å². The molecule has 0 atom stereocenters.